The number of benzene rings is 1. The molecular formula is C17H27NO. The van der Waals surface area contributed by atoms with Gasteiger partial charge in [-0.25, -0.2) is 0 Å². The minimum atomic E-state index is -0.272. The second-order valence-corrected chi connectivity index (χ2v) is 6.18. The summed E-state index contributed by atoms with van der Waals surface area (Å²) in [5.74, 6) is 0.543. The molecule has 1 aliphatic rings. The maximum atomic E-state index is 10.6. The number of likely N-dealkylation sites (N-methyl/N-ethyl adjacent to an activating group) is 1. The van der Waals surface area contributed by atoms with Gasteiger partial charge >= 0.3 is 0 Å². The van der Waals surface area contributed by atoms with E-state index in [0.29, 0.717) is 5.92 Å². The van der Waals surface area contributed by atoms with Crippen molar-refractivity contribution in [2.24, 2.45) is 0 Å². The molecular weight excluding hydrogens is 234 g/mol. The van der Waals surface area contributed by atoms with E-state index < -0.39 is 0 Å². The summed E-state index contributed by atoms with van der Waals surface area (Å²) in [6.45, 7) is 10.6. The van der Waals surface area contributed by atoms with Gasteiger partial charge in [0.25, 0.3) is 0 Å². The molecule has 0 fully saturated rings. The lowest BCUT2D eigenvalue weighted by Gasteiger charge is -2.43. The Morgan fingerprint density at radius 1 is 1.26 bits per heavy atom. The van der Waals surface area contributed by atoms with Crippen LogP contribution in [0, 0.1) is 0 Å². The van der Waals surface area contributed by atoms with Gasteiger partial charge in [-0.1, -0.05) is 38.1 Å². The fourth-order valence-electron chi connectivity index (χ4n) is 3.38. The van der Waals surface area contributed by atoms with Crippen LogP contribution in [0.3, 0.4) is 0 Å². The van der Waals surface area contributed by atoms with Gasteiger partial charge in [0.1, 0.15) is 0 Å². The average molecular weight is 261 g/mol. The van der Waals surface area contributed by atoms with Gasteiger partial charge < -0.3 is 5.11 Å². The Morgan fingerprint density at radius 3 is 2.47 bits per heavy atom. The Labute approximate surface area is 117 Å². The summed E-state index contributed by atoms with van der Waals surface area (Å²) in [5, 5.41) is 10.6. The van der Waals surface area contributed by atoms with Gasteiger partial charge in [-0.3, -0.25) is 4.90 Å². The topological polar surface area (TPSA) is 23.5 Å². The Bertz CT molecular complexity index is 423. The van der Waals surface area contributed by atoms with Crippen LogP contribution >= 0.6 is 0 Å². The van der Waals surface area contributed by atoms with Crippen molar-refractivity contribution in [3.8, 4) is 0 Å². The zero-order valence-electron chi connectivity index (χ0n) is 12.7. The van der Waals surface area contributed by atoms with Crippen molar-refractivity contribution in [1.82, 2.24) is 4.90 Å². The number of aliphatic hydroxyl groups excluding tert-OH is 1. The van der Waals surface area contributed by atoms with E-state index >= 15 is 0 Å². The number of rotatable bonds is 6. The minimum absolute atomic E-state index is 0.145. The van der Waals surface area contributed by atoms with E-state index in [1.807, 2.05) is 0 Å². The van der Waals surface area contributed by atoms with Crippen molar-refractivity contribution in [3.63, 3.8) is 0 Å². The highest BCUT2D eigenvalue weighted by molar-refractivity contribution is 5.39. The summed E-state index contributed by atoms with van der Waals surface area (Å²) in [4.78, 5) is 2.35. The molecule has 2 atom stereocenters. The molecule has 1 N–H and O–H groups in total. The Morgan fingerprint density at radius 2 is 1.89 bits per heavy atom. The van der Waals surface area contributed by atoms with Crippen molar-refractivity contribution in [2.45, 2.75) is 58.1 Å². The van der Waals surface area contributed by atoms with Crippen LogP contribution in [-0.4, -0.2) is 34.7 Å². The van der Waals surface area contributed by atoms with Crippen molar-refractivity contribution < 1.29 is 5.11 Å². The molecule has 0 heterocycles. The van der Waals surface area contributed by atoms with E-state index in [0.717, 1.165) is 25.9 Å². The maximum absolute atomic E-state index is 10.6. The molecule has 19 heavy (non-hydrogen) atoms. The van der Waals surface area contributed by atoms with Gasteiger partial charge in [0.15, 0.2) is 0 Å². The molecule has 1 aromatic rings. The highest BCUT2D eigenvalue weighted by Gasteiger charge is 2.36. The summed E-state index contributed by atoms with van der Waals surface area (Å²) in [7, 11) is 0. The van der Waals surface area contributed by atoms with Crippen molar-refractivity contribution in [2.75, 3.05) is 13.1 Å². The second kappa shape index (κ2) is 5.64. The fraction of sp³-hybridized carbons (Fsp3) is 0.647. The quantitative estimate of drug-likeness (QED) is 0.850. The predicted octanol–water partition coefficient (Wildman–Crippen LogP) is 3.20. The van der Waals surface area contributed by atoms with Gasteiger partial charge in [0.05, 0.1) is 6.10 Å². The standard InChI is InChI=1S/C17H27NO/c1-5-18(6-2)17(3,4)16(19)12-14-11-13-9-7-8-10-15(13)14/h7-10,14,16,19H,5-6,11-12H2,1-4H3. The Balaban J connectivity index is 2.01. The normalized spacial score (nSPS) is 20.0. The average Bonchev–Trinajstić information content (AvgIpc) is 2.36. The van der Waals surface area contributed by atoms with Gasteiger partial charge in [-0.2, -0.15) is 0 Å². The molecule has 1 aromatic carbocycles. The maximum Gasteiger partial charge on any atom is 0.0724 e. The van der Waals surface area contributed by atoms with Crippen molar-refractivity contribution in [3.05, 3.63) is 35.4 Å². The van der Waals surface area contributed by atoms with E-state index in [1.54, 1.807) is 0 Å². The molecule has 0 aromatic heterocycles. The molecule has 2 rings (SSSR count). The molecule has 0 bridgehead atoms. The third-order valence-corrected chi connectivity index (χ3v) is 4.86. The third-order valence-electron chi connectivity index (χ3n) is 4.86. The summed E-state index contributed by atoms with van der Waals surface area (Å²) >= 11 is 0. The minimum Gasteiger partial charge on any atom is -0.391 e. The van der Waals surface area contributed by atoms with Crippen molar-refractivity contribution in [1.29, 1.82) is 0 Å². The van der Waals surface area contributed by atoms with Crippen LogP contribution in [0.25, 0.3) is 0 Å². The highest BCUT2D eigenvalue weighted by Crippen LogP contribution is 2.39. The Hall–Kier alpha value is -0.860. The SMILES string of the molecule is CCN(CC)C(C)(C)C(O)CC1Cc2ccccc21. The molecule has 2 nitrogen and oxygen atoms in total. The molecule has 0 spiro atoms. The van der Waals surface area contributed by atoms with E-state index in [4.69, 9.17) is 0 Å². The first kappa shape index (κ1) is 14.5. The molecule has 106 valence electrons. The zero-order valence-corrected chi connectivity index (χ0v) is 12.7. The molecule has 0 saturated carbocycles. The first-order valence-electron chi connectivity index (χ1n) is 7.51. The van der Waals surface area contributed by atoms with Crippen molar-refractivity contribution >= 4 is 0 Å². The molecule has 1 aliphatic carbocycles. The zero-order chi connectivity index (χ0) is 14.0. The number of fused-ring (bicyclic) bond motifs is 1. The van der Waals surface area contributed by atoms with E-state index in [2.05, 4.69) is 56.9 Å². The summed E-state index contributed by atoms with van der Waals surface area (Å²) in [6.07, 6.45) is 1.73. The van der Waals surface area contributed by atoms with Gasteiger partial charge in [0.2, 0.25) is 0 Å². The summed E-state index contributed by atoms with van der Waals surface area (Å²) in [5.41, 5.74) is 2.76. The van der Waals surface area contributed by atoms with E-state index in [-0.39, 0.29) is 11.6 Å². The summed E-state index contributed by atoms with van der Waals surface area (Å²) < 4.78 is 0. The van der Waals surface area contributed by atoms with Crippen LogP contribution in [0.15, 0.2) is 24.3 Å². The van der Waals surface area contributed by atoms with Crippen LogP contribution < -0.4 is 0 Å². The highest BCUT2D eigenvalue weighted by atomic mass is 16.3. The summed E-state index contributed by atoms with van der Waals surface area (Å²) in [6, 6.07) is 8.62. The molecule has 2 unspecified atom stereocenters. The van der Waals surface area contributed by atoms with Gasteiger partial charge in [0, 0.05) is 5.54 Å². The lowest BCUT2D eigenvalue weighted by Crippen LogP contribution is -2.53. The number of aliphatic hydroxyl groups is 1. The third kappa shape index (κ3) is 2.70. The molecule has 2 heteroatoms. The lowest BCUT2D eigenvalue weighted by atomic mass is 9.72. The van der Waals surface area contributed by atoms with E-state index in [1.165, 1.54) is 11.1 Å². The first-order valence-corrected chi connectivity index (χ1v) is 7.51. The largest absolute Gasteiger partial charge is 0.391 e. The molecule has 0 amide bonds. The van der Waals surface area contributed by atoms with Crippen LogP contribution in [0.2, 0.25) is 0 Å². The number of hydrogen-bond acceptors (Lipinski definition) is 2. The smallest absolute Gasteiger partial charge is 0.0724 e. The van der Waals surface area contributed by atoms with Crippen LogP contribution in [0.5, 0.6) is 0 Å². The van der Waals surface area contributed by atoms with E-state index in [9.17, 15) is 5.11 Å². The predicted molar refractivity (Wildman–Crippen MR) is 80.5 cm³/mol. The number of nitrogens with zero attached hydrogens (tertiary/aromatic N) is 1. The van der Waals surface area contributed by atoms with Gasteiger partial charge in [-0.15, -0.1) is 0 Å². The van der Waals surface area contributed by atoms with Crippen LogP contribution in [0.1, 0.15) is 51.2 Å². The van der Waals surface area contributed by atoms with Crippen LogP contribution in [-0.2, 0) is 6.42 Å². The fourth-order valence-corrected chi connectivity index (χ4v) is 3.38. The second-order valence-electron chi connectivity index (χ2n) is 6.18. The molecule has 0 aliphatic heterocycles. The number of hydrogen-bond donors (Lipinski definition) is 1. The first-order chi connectivity index (χ1) is 9.00. The van der Waals surface area contributed by atoms with Crippen LogP contribution in [0.4, 0.5) is 0 Å². The molecule has 0 radical (unpaired) electrons. The van der Waals surface area contributed by atoms with Gasteiger partial charge in [-0.05, 0) is 56.8 Å². The Kier molecular flexibility index (Phi) is 4.32. The molecule has 0 saturated heterocycles. The lowest BCUT2D eigenvalue weighted by molar-refractivity contribution is -0.0139. The monoisotopic (exact) mass is 261 g/mol.